The number of hydrogen-bond donors (Lipinski definition) is 0. The van der Waals surface area contributed by atoms with Gasteiger partial charge in [0.25, 0.3) is 0 Å². The topological polar surface area (TPSA) is 90.0 Å². The van der Waals surface area contributed by atoms with Crippen LogP contribution >= 0.6 is 0 Å². The maximum atomic E-state index is 13.0. The lowest BCUT2D eigenvalue weighted by atomic mass is 10.1. The van der Waals surface area contributed by atoms with Crippen LogP contribution in [0.4, 0.5) is 0 Å². The molecule has 0 saturated carbocycles. The fourth-order valence-corrected chi connectivity index (χ4v) is 4.74. The van der Waals surface area contributed by atoms with Crippen molar-refractivity contribution in [1.29, 1.82) is 0 Å². The van der Waals surface area contributed by atoms with Crippen molar-refractivity contribution < 1.29 is 27.5 Å². The van der Waals surface area contributed by atoms with Crippen LogP contribution in [0.3, 0.4) is 0 Å². The quantitative estimate of drug-likeness (QED) is 0.418. The Kier molecular flexibility index (Phi) is 5.81. The highest BCUT2D eigenvalue weighted by atomic mass is 32.2. The summed E-state index contributed by atoms with van der Waals surface area (Å²) in [5.41, 5.74) is 0.504. The first kappa shape index (κ1) is 20.0. The standard InChI is InChI=1S/C20H21NO6S/c1-14(22)15-5-7-17(8-6-15)27-20(23)19-4-3-13-21(19)28(24,25)18-11-9-16(26-2)10-12-18/h5-12,19H,3-4,13H2,1-2H3/t19-/m0/s1. The smallest absolute Gasteiger partial charge is 0.329 e. The Bertz CT molecular complexity index is 967. The summed E-state index contributed by atoms with van der Waals surface area (Å²) in [6.07, 6.45) is 0.957. The highest BCUT2D eigenvalue weighted by Gasteiger charge is 2.40. The zero-order valence-electron chi connectivity index (χ0n) is 15.6. The Balaban J connectivity index is 1.77. The number of carbonyl (C=O) groups is 2. The van der Waals surface area contributed by atoms with Crippen molar-refractivity contribution in [2.75, 3.05) is 13.7 Å². The second kappa shape index (κ2) is 8.12. The average Bonchev–Trinajstić information content (AvgIpc) is 3.19. The highest BCUT2D eigenvalue weighted by molar-refractivity contribution is 7.89. The number of nitrogens with zero attached hydrogens (tertiary/aromatic N) is 1. The van der Waals surface area contributed by atoms with E-state index in [2.05, 4.69) is 0 Å². The molecule has 0 amide bonds. The van der Waals surface area contributed by atoms with Gasteiger partial charge < -0.3 is 9.47 Å². The van der Waals surface area contributed by atoms with Gasteiger partial charge in [-0.3, -0.25) is 4.79 Å². The number of methoxy groups -OCH3 is 1. The second-order valence-electron chi connectivity index (χ2n) is 6.45. The Morgan fingerprint density at radius 2 is 1.61 bits per heavy atom. The molecule has 1 heterocycles. The summed E-state index contributed by atoms with van der Waals surface area (Å²) in [4.78, 5) is 24.0. The third kappa shape index (κ3) is 4.07. The Hall–Kier alpha value is -2.71. The highest BCUT2D eigenvalue weighted by Crippen LogP contribution is 2.28. The fraction of sp³-hybridized carbons (Fsp3) is 0.300. The minimum absolute atomic E-state index is 0.0922. The van der Waals surface area contributed by atoms with Crippen LogP contribution in [-0.4, -0.2) is 44.2 Å². The Labute approximate surface area is 163 Å². The van der Waals surface area contributed by atoms with Gasteiger partial charge in [-0.05, 0) is 68.3 Å². The van der Waals surface area contributed by atoms with Crippen molar-refractivity contribution >= 4 is 21.8 Å². The van der Waals surface area contributed by atoms with E-state index in [0.717, 1.165) is 0 Å². The van der Waals surface area contributed by atoms with Gasteiger partial charge in [0.2, 0.25) is 10.0 Å². The van der Waals surface area contributed by atoms with E-state index >= 15 is 0 Å². The van der Waals surface area contributed by atoms with E-state index in [-0.39, 0.29) is 23.0 Å². The molecule has 0 radical (unpaired) electrons. The SMILES string of the molecule is COc1ccc(S(=O)(=O)N2CCC[C@H]2C(=O)Oc2ccc(C(C)=O)cc2)cc1. The first-order valence-electron chi connectivity index (χ1n) is 8.81. The first-order valence-corrected chi connectivity index (χ1v) is 10.3. The van der Waals surface area contributed by atoms with Crippen molar-refractivity contribution in [3.63, 3.8) is 0 Å². The zero-order valence-corrected chi connectivity index (χ0v) is 16.4. The molecule has 0 aromatic heterocycles. The van der Waals surface area contributed by atoms with Gasteiger partial charge in [0, 0.05) is 12.1 Å². The molecule has 0 unspecified atom stereocenters. The van der Waals surface area contributed by atoms with Gasteiger partial charge in [-0.1, -0.05) is 0 Å². The molecule has 2 aromatic rings. The van der Waals surface area contributed by atoms with Crippen LogP contribution in [0.2, 0.25) is 0 Å². The third-order valence-electron chi connectivity index (χ3n) is 4.62. The number of ketones is 1. The third-order valence-corrected chi connectivity index (χ3v) is 6.54. The van der Waals surface area contributed by atoms with Gasteiger partial charge in [-0.2, -0.15) is 4.31 Å². The lowest BCUT2D eigenvalue weighted by Crippen LogP contribution is -2.42. The maximum absolute atomic E-state index is 13.0. The van der Waals surface area contributed by atoms with Crippen molar-refractivity contribution in [2.24, 2.45) is 0 Å². The van der Waals surface area contributed by atoms with Crippen LogP contribution in [-0.2, 0) is 14.8 Å². The molecule has 1 aliphatic rings. The van der Waals surface area contributed by atoms with Crippen LogP contribution in [0.15, 0.2) is 53.4 Å². The number of benzene rings is 2. The molecule has 0 N–H and O–H groups in total. The van der Waals surface area contributed by atoms with Gasteiger partial charge in [-0.25, -0.2) is 13.2 Å². The molecular formula is C20H21NO6S. The molecule has 1 aliphatic heterocycles. The molecule has 0 bridgehead atoms. The van der Waals surface area contributed by atoms with Crippen LogP contribution in [0.1, 0.15) is 30.1 Å². The van der Waals surface area contributed by atoms with Crippen LogP contribution < -0.4 is 9.47 Å². The number of ether oxygens (including phenoxy) is 2. The lowest BCUT2D eigenvalue weighted by Gasteiger charge is -2.22. The number of esters is 1. The van der Waals surface area contributed by atoms with Crippen LogP contribution in [0, 0.1) is 0 Å². The molecule has 0 aliphatic carbocycles. The Morgan fingerprint density at radius 1 is 1.00 bits per heavy atom. The molecular weight excluding hydrogens is 382 g/mol. The van der Waals surface area contributed by atoms with Crippen molar-refractivity contribution in [3.8, 4) is 11.5 Å². The van der Waals surface area contributed by atoms with E-state index in [1.54, 1.807) is 24.3 Å². The number of hydrogen-bond acceptors (Lipinski definition) is 6. The van der Waals surface area contributed by atoms with Gasteiger partial charge >= 0.3 is 5.97 Å². The van der Waals surface area contributed by atoms with Crippen LogP contribution in [0.25, 0.3) is 0 Å². The van der Waals surface area contributed by atoms with Gasteiger partial charge in [0.15, 0.2) is 5.78 Å². The molecule has 7 nitrogen and oxygen atoms in total. The molecule has 3 rings (SSSR count). The molecule has 148 valence electrons. The van der Waals surface area contributed by atoms with Gasteiger partial charge in [0.1, 0.15) is 17.5 Å². The van der Waals surface area contributed by atoms with E-state index in [1.165, 1.54) is 42.6 Å². The van der Waals surface area contributed by atoms with Gasteiger partial charge in [-0.15, -0.1) is 0 Å². The number of Topliss-reactive ketones (excluding diaryl/α,β-unsaturated/α-hetero) is 1. The largest absolute Gasteiger partial charge is 0.497 e. The van der Waals surface area contributed by atoms with E-state index in [1.807, 2.05) is 0 Å². The minimum Gasteiger partial charge on any atom is -0.497 e. The maximum Gasteiger partial charge on any atom is 0.329 e. The summed E-state index contributed by atoms with van der Waals surface area (Å²) in [6, 6.07) is 11.3. The molecule has 2 aromatic carbocycles. The first-order chi connectivity index (χ1) is 13.3. The predicted molar refractivity (Wildman–Crippen MR) is 102 cm³/mol. The van der Waals surface area contributed by atoms with Crippen LogP contribution in [0.5, 0.6) is 11.5 Å². The monoisotopic (exact) mass is 403 g/mol. The zero-order chi connectivity index (χ0) is 20.3. The van der Waals surface area contributed by atoms with Crippen molar-refractivity contribution in [1.82, 2.24) is 4.31 Å². The van der Waals surface area contributed by atoms with Crippen molar-refractivity contribution in [3.05, 3.63) is 54.1 Å². The Morgan fingerprint density at radius 3 is 2.18 bits per heavy atom. The fourth-order valence-electron chi connectivity index (χ4n) is 3.09. The van der Waals surface area contributed by atoms with E-state index in [0.29, 0.717) is 24.2 Å². The van der Waals surface area contributed by atoms with E-state index in [4.69, 9.17) is 9.47 Å². The summed E-state index contributed by atoms with van der Waals surface area (Å²) >= 11 is 0. The molecule has 8 heteroatoms. The van der Waals surface area contributed by atoms with Crippen molar-refractivity contribution in [2.45, 2.75) is 30.7 Å². The summed E-state index contributed by atoms with van der Waals surface area (Å²) < 4.78 is 37.5. The lowest BCUT2D eigenvalue weighted by molar-refractivity contribution is -0.137. The van der Waals surface area contributed by atoms with Gasteiger partial charge in [0.05, 0.1) is 12.0 Å². The number of sulfonamides is 1. The number of carbonyl (C=O) groups excluding carboxylic acids is 2. The normalized spacial score (nSPS) is 17.3. The minimum atomic E-state index is -3.84. The summed E-state index contributed by atoms with van der Waals surface area (Å²) in [6.45, 7) is 1.69. The van der Waals surface area contributed by atoms with E-state index in [9.17, 15) is 18.0 Å². The molecule has 28 heavy (non-hydrogen) atoms. The summed E-state index contributed by atoms with van der Waals surface area (Å²) in [5.74, 6) is 0.0876. The summed E-state index contributed by atoms with van der Waals surface area (Å²) in [5, 5.41) is 0. The summed E-state index contributed by atoms with van der Waals surface area (Å²) in [7, 11) is -2.34. The van der Waals surface area contributed by atoms with E-state index < -0.39 is 22.0 Å². The molecule has 1 fully saturated rings. The molecule has 1 saturated heterocycles. The molecule has 1 atom stereocenters. The molecule has 0 spiro atoms. The second-order valence-corrected chi connectivity index (χ2v) is 8.34. The number of rotatable bonds is 6. The predicted octanol–water partition coefficient (Wildman–Crippen LogP) is 2.66. The average molecular weight is 403 g/mol.